The number of hydrogen-bond acceptors (Lipinski definition) is 8. The van der Waals surface area contributed by atoms with Crippen LogP contribution >= 0.6 is 11.8 Å². The summed E-state index contributed by atoms with van der Waals surface area (Å²) in [5.74, 6) is 1.05. The van der Waals surface area contributed by atoms with Gasteiger partial charge in [-0.05, 0) is 42.1 Å². The highest BCUT2D eigenvalue weighted by Gasteiger charge is 2.35. The molecule has 3 aromatic rings. The number of hydrogen-bond donors (Lipinski definition) is 0. The molecule has 2 amide bonds. The van der Waals surface area contributed by atoms with Crippen LogP contribution in [0.15, 0.2) is 52.1 Å². The summed E-state index contributed by atoms with van der Waals surface area (Å²) in [7, 11) is 0. The minimum atomic E-state index is -0.321. The maximum atomic E-state index is 12.4. The van der Waals surface area contributed by atoms with Gasteiger partial charge in [-0.1, -0.05) is 12.1 Å². The zero-order valence-electron chi connectivity index (χ0n) is 13.7. The fourth-order valence-corrected chi connectivity index (χ4v) is 3.60. The molecule has 8 nitrogen and oxygen atoms in total. The quantitative estimate of drug-likeness (QED) is 0.503. The molecule has 0 aliphatic carbocycles. The Morgan fingerprint density at radius 3 is 2.48 bits per heavy atom. The molecule has 2 aromatic carbocycles. The van der Waals surface area contributed by atoms with Crippen LogP contribution in [0.5, 0.6) is 11.5 Å². The third-order valence-electron chi connectivity index (χ3n) is 4.22. The number of imide groups is 1. The van der Waals surface area contributed by atoms with Gasteiger partial charge >= 0.3 is 0 Å². The van der Waals surface area contributed by atoms with Gasteiger partial charge in [0.2, 0.25) is 12.7 Å². The van der Waals surface area contributed by atoms with Gasteiger partial charge < -0.3 is 13.9 Å². The maximum Gasteiger partial charge on any atom is 0.278 e. The third kappa shape index (κ3) is 2.63. The number of ether oxygens (including phenoxy) is 2. The molecule has 0 saturated heterocycles. The summed E-state index contributed by atoms with van der Waals surface area (Å²) in [4.78, 5) is 25.9. The summed E-state index contributed by atoms with van der Waals surface area (Å²) >= 11 is 1.12. The van der Waals surface area contributed by atoms with E-state index in [0.717, 1.165) is 11.8 Å². The average molecular weight is 381 g/mol. The van der Waals surface area contributed by atoms with E-state index in [9.17, 15) is 9.59 Å². The Bertz CT molecular complexity index is 1050. The van der Waals surface area contributed by atoms with Crippen molar-refractivity contribution < 1.29 is 23.5 Å². The highest BCUT2D eigenvalue weighted by Crippen LogP contribution is 2.36. The van der Waals surface area contributed by atoms with Crippen LogP contribution in [0.3, 0.4) is 0 Å². The van der Waals surface area contributed by atoms with Crippen LogP contribution in [-0.2, 0) is 0 Å². The Kier molecular flexibility index (Phi) is 3.61. The average Bonchev–Trinajstić information content (AvgIpc) is 3.40. The Labute approximate surface area is 157 Å². The summed E-state index contributed by atoms with van der Waals surface area (Å²) < 4.78 is 16.2. The van der Waals surface area contributed by atoms with Crippen LogP contribution in [0.2, 0.25) is 0 Å². The van der Waals surface area contributed by atoms with E-state index in [-0.39, 0.29) is 29.7 Å². The SMILES string of the molecule is O=C1c2ccccc2C(=O)N1CSc1nnc(-c2ccc3c(c2)OCO3)o1. The largest absolute Gasteiger partial charge is 0.454 e. The number of aromatic nitrogens is 2. The standard InChI is InChI=1S/C18H11N3O5S/c22-16-11-3-1-2-4-12(11)17(23)21(16)8-27-18-20-19-15(26-18)10-5-6-13-14(7-10)25-9-24-13/h1-7H,8-9H2. The molecule has 0 saturated carbocycles. The van der Waals surface area contributed by atoms with E-state index >= 15 is 0 Å². The van der Waals surface area contributed by atoms with Gasteiger partial charge in [0, 0.05) is 5.56 Å². The molecule has 0 bridgehead atoms. The molecule has 134 valence electrons. The van der Waals surface area contributed by atoms with Crippen molar-refractivity contribution in [2.75, 3.05) is 12.7 Å². The molecule has 0 spiro atoms. The minimum Gasteiger partial charge on any atom is -0.454 e. The smallest absolute Gasteiger partial charge is 0.278 e. The summed E-state index contributed by atoms with van der Waals surface area (Å²) in [6, 6.07) is 12.1. The van der Waals surface area contributed by atoms with Crippen LogP contribution < -0.4 is 9.47 Å². The van der Waals surface area contributed by atoms with Gasteiger partial charge in [0.15, 0.2) is 11.5 Å². The zero-order valence-corrected chi connectivity index (χ0v) is 14.6. The van der Waals surface area contributed by atoms with E-state index in [1.807, 2.05) is 0 Å². The van der Waals surface area contributed by atoms with Crippen molar-refractivity contribution in [3.05, 3.63) is 53.6 Å². The lowest BCUT2D eigenvalue weighted by atomic mass is 10.1. The molecule has 2 aliphatic heterocycles. The number of carbonyl (C=O) groups excluding carboxylic acids is 2. The third-order valence-corrected chi connectivity index (χ3v) is 5.02. The molecule has 0 radical (unpaired) electrons. The van der Waals surface area contributed by atoms with Crippen molar-refractivity contribution in [1.29, 1.82) is 0 Å². The van der Waals surface area contributed by atoms with Crippen LogP contribution in [0, 0.1) is 0 Å². The number of benzene rings is 2. The van der Waals surface area contributed by atoms with Crippen LogP contribution in [0.4, 0.5) is 0 Å². The molecule has 0 N–H and O–H groups in total. The second-order valence-electron chi connectivity index (χ2n) is 5.80. The molecule has 3 heterocycles. The highest BCUT2D eigenvalue weighted by molar-refractivity contribution is 7.99. The van der Waals surface area contributed by atoms with Crippen LogP contribution in [-0.4, -0.2) is 39.6 Å². The van der Waals surface area contributed by atoms with E-state index in [4.69, 9.17) is 13.9 Å². The lowest BCUT2D eigenvalue weighted by molar-refractivity contribution is 0.0684. The Morgan fingerprint density at radius 2 is 1.70 bits per heavy atom. The number of amides is 2. The van der Waals surface area contributed by atoms with Gasteiger partial charge in [0.05, 0.1) is 17.0 Å². The molecule has 2 aliphatic rings. The Hall–Kier alpha value is -3.33. The number of nitrogens with zero attached hydrogens (tertiary/aromatic N) is 3. The fourth-order valence-electron chi connectivity index (χ4n) is 2.89. The monoisotopic (exact) mass is 381 g/mol. The summed E-state index contributed by atoms with van der Waals surface area (Å²) in [6.45, 7) is 0.185. The lowest BCUT2D eigenvalue weighted by Gasteiger charge is -2.11. The van der Waals surface area contributed by atoms with Crippen molar-refractivity contribution in [2.45, 2.75) is 5.22 Å². The summed E-state index contributed by atoms with van der Waals surface area (Å²) in [5.41, 5.74) is 1.52. The summed E-state index contributed by atoms with van der Waals surface area (Å²) in [5, 5.41) is 8.25. The number of thioether (sulfide) groups is 1. The molecular formula is C18H11N3O5S. The van der Waals surface area contributed by atoms with Gasteiger partial charge in [-0.25, -0.2) is 0 Å². The van der Waals surface area contributed by atoms with E-state index in [2.05, 4.69) is 10.2 Å². The second-order valence-corrected chi connectivity index (χ2v) is 6.69. The maximum absolute atomic E-state index is 12.4. The topological polar surface area (TPSA) is 94.8 Å². The Morgan fingerprint density at radius 1 is 0.963 bits per heavy atom. The molecule has 0 atom stereocenters. The van der Waals surface area contributed by atoms with Gasteiger partial charge in [-0.15, -0.1) is 10.2 Å². The van der Waals surface area contributed by atoms with Gasteiger partial charge in [-0.3, -0.25) is 14.5 Å². The first-order chi connectivity index (χ1) is 13.2. The first-order valence-corrected chi connectivity index (χ1v) is 9.01. The van der Waals surface area contributed by atoms with Gasteiger partial charge in [0.25, 0.3) is 17.0 Å². The van der Waals surface area contributed by atoms with E-state index < -0.39 is 0 Å². The molecule has 27 heavy (non-hydrogen) atoms. The molecular weight excluding hydrogens is 370 g/mol. The van der Waals surface area contributed by atoms with Crippen molar-refractivity contribution in [2.24, 2.45) is 0 Å². The van der Waals surface area contributed by atoms with E-state index in [1.165, 1.54) is 4.90 Å². The normalized spacial score (nSPS) is 14.7. The first-order valence-electron chi connectivity index (χ1n) is 8.02. The molecule has 9 heteroatoms. The molecule has 0 fully saturated rings. The molecule has 5 rings (SSSR count). The lowest BCUT2D eigenvalue weighted by Crippen LogP contribution is -2.29. The minimum absolute atomic E-state index is 0.0924. The molecule has 1 aromatic heterocycles. The first kappa shape index (κ1) is 15.9. The van der Waals surface area contributed by atoms with Crippen molar-refractivity contribution >= 4 is 23.6 Å². The van der Waals surface area contributed by atoms with E-state index in [0.29, 0.717) is 34.1 Å². The molecule has 0 unspecified atom stereocenters. The fraction of sp³-hybridized carbons (Fsp3) is 0.111. The highest BCUT2D eigenvalue weighted by atomic mass is 32.2. The van der Waals surface area contributed by atoms with Crippen LogP contribution in [0.25, 0.3) is 11.5 Å². The second kappa shape index (κ2) is 6.13. The Balaban J connectivity index is 1.31. The predicted octanol–water partition coefficient (Wildman–Crippen LogP) is 2.81. The van der Waals surface area contributed by atoms with Crippen molar-refractivity contribution in [3.8, 4) is 23.0 Å². The van der Waals surface area contributed by atoms with Crippen molar-refractivity contribution in [1.82, 2.24) is 15.1 Å². The van der Waals surface area contributed by atoms with Crippen LogP contribution in [0.1, 0.15) is 20.7 Å². The van der Waals surface area contributed by atoms with Crippen molar-refractivity contribution in [3.63, 3.8) is 0 Å². The number of rotatable bonds is 4. The number of fused-ring (bicyclic) bond motifs is 2. The van der Waals surface area contributed by atoms with Gasteiger partial charge in [-0.2, -0.15) is 0 Å². The predicted molar refractivity (Wildman–Crippen MR) is 93.5 cm³/mol. The summed E-state index contributed by atoms with van der Waals surface area (Å²) in [6.07, 6.45) is 0. The van der Waals surface area contributed by atoms with E-state index in [1.54, 1.807) is 42.5 Å². The zero-order chi connectivity index (χ0) is 18.4. The van der Waals surface area contributed by atoms with Gasteiger partial charge in [0.1, 0.15) is 0 Å². The number of carbonyl (C=O) groups is 2.